The quantitative estimate of drug-likeness (QED) is 0.846. The van der Waals surface area contributed by atoms with E-state index in [1.54, 1.807) is 0 Å². The Balaban J connectivity index is 1.51. The molecule has 0 saturated carbocycles. The summed E-state index contributed by atoms with van der Waals surface area (Å²) in [5.74, 6) is 0.117. The van der Waals surface area contributed by atoms with E-state index >= 15 is 0 Å². The average Bonchev–Trinajstić information content (AvgIpc) is 3.13. The second kappa shape index (κ2) is 8.51. The number of amides is 1. The van der Waals surface area contributed by atoms with Crippen molar-refractivity contribution in [1.29, 1.82) is 0 Å². The zero-order valence-corrected chi connectivity index (χ0v) is 16.1. The minimum absolute atomic E-state index is 0.117. The zero-order valence-electron chi connectivity index (χ0n) is 16.1. The highest BCUT2D eigenvalue weighted by atomic mass is 16.5. The molecule has 0 radical (unpaired) electrons. The molecule has 1 amide bonds. The fourth-order valence-electron chi connectivity index (χ4n) is 3.70. The van der Waals surface area contributed by atoms with Crippen molar-refractivity contribution in [2.24, 2.45) is 0 Å². The van der Waals surface area contributed by atoms with Crippen LogP contribution in [-0.4, -0.2) is 71.8 Å². The van der Waals surface area contributed by atoms with Crippen molar-refractivity contribution in [2.45, 2.75) is 51.2 Å². The molecule has 2 aliphatic rings. The molecule has 0 bridgehead atoms. The number of hydrogen-bond acceptors (Lipinski definition) is 4. The van der Waals surface area contributed by atoms with E-state index < -0.39 is 5.60 Å². The fraction of sp³-hybridized carbons (Fsp3) is 0.667. The number of aryl methyl sites for hydroxylation is 1. The maximum absolute atomic E-state index is 12.8. The summed E-state index contributed by atoms with van der Waals surface area (Å²) in [6.45, 7) is 8.92. The number of nitrogens with zero attached hydrogens (tertiary/aromatic N) is 2. The Bertz CT molecular complexity index is 598. The number of rotatable bonds is 6. The van der Waals surface area contributed by atoms with Gasteiger partial charge in [-0.2, -0.15) is 0 Å². The van der Waals surface area contributed by atoms with E-state index in [0.29, 0.717) is 12.5 Å². The topological polar surface area (TPSA) is 53.0 Å². The summed E-state index contributed by atoms with van der Waals surface area (Å²) in [7, 11) is 0. The molecule has 1 aromatic carbocycles. The van der Waals surface area contributed by atoms with Gasteiger partial charge in [0.2, 0.25) is 0 Å². The van der Waals surface area contributed by atoms with Gasteiger partial charge < -0.3 is 14.7 Å². The maximum Gasteiger partial charge on any atom is 0.253 e. The number of carbonyl (C=O) groups is 1. The van der Waals surface area contributed by atoms with E-state index in [2.05, 4.69) is 4.90 Å². The summed E-state index contributed by atoms with van der Waals surface area (Å²) in [6.07, 6.45) is 4.18. The van der Waals surface area contributed by atoms with Crippen LogP contribution in [0.3, 0.4) is 0 Å². The summed E-state index contributed by atoms with van der Waals surface area (Å²) in [6, 6.07) is 7.85. The third-order valence-corrected chi connectivity index (χ3v) is 5.34. The number of benzene rings is 1. The van der Waals surface area contributed by atoms with E-state index in [4.69, 9.17) is 4.74 Å². The predicted octanol–water partition coefficient (Wildman–Crippen LogP) is 2.33. The largest absolute Gasteiger partial charge is 0.390 e. The molecule has 2 fully saturated rings. The molecule has 144 valence electrons. The van der Waals surface area contributed by atoms with Crippen LogP contribution in [0.2, 0.25) is 0 Å². The summed E-state index contributed by atoms with van der Waals surface area (Å²) in [5, 5.41) is 9.90. The SMILES string of the molecule is CC(C)(O)CCc1cccc(C(=O)N2CCN(C[C@H]3CCCO3)CC2)c1. The highest BCUT2D eigenvalue weighted by Gasteiger charge is 2.25. The van der Waals surface area contributed by atoms with Gasteiger partial charge in [-0.3, -0.25) is 9.69 Å². The molecule has 5 nitrogen and oxygen atoms in total. The van der Waals surface area contributed by atoms with Crippen LogP contribution in [-0.2, 0) is 11.2 Å². The monoisotopic (exact) mass is 360 g/mol. The van der Waals surface area contributed by atoms with Crippen molar-refractivity contribution in [3.8, 4) is 0 Å². The van der Waals surface area contributed by atoms with Crippen LogP contribution in [0.15, 0.2) is 24.3 Å². The summed E-state index contributed by atoms with van der Waals surface area (Å²) < 4.78 is 5.72. The van der Waals surface area contributed by atoms with Gasteiger partial charge in [-0.1, -0.05) is 12.1 Å². The van der Waals surface area contributed by atoms with E-state index in [0.717, 1.165) is 63.3 Å². The lowest BCUT2D eigenvalue weighted by molar-refractivity contribution is 0.0432. The van der Waals surface area contributed by atoms with Gasteiger partial charge in [0, 0.05) is 44.9 Å². The molecule has 26 heavy (non-hydrogen) atoms. The van der Waals surface area contributed by atoms with Crippen molar-refractivity contribution in [2.75, 3.05) is 39.3 Å². The van der Waals surface area contributed by atoms with Gasteiger partial charge in [0.25, 0.3) is 5.91 Å². The van der Waals surface area contributed by atoms with Crippen molar-refractivity contribution >= 4 is 5.91 Å². The van der Waals surface area contributed by atoms with Gasteiger partial charge >= 0.3 is 0 Å². The molecule has 2 heterocycles. The Morgan fingerprint density at radius 2 is 2.04 bits per heavy atom. The molecular formula is C21H32N2O3. The van der Waals surface area contributed by atoms with Gasteiger partial charge in [-0.25, -0.2) is 0 Å². The Morgan fingerprint density at radius 3 is 2.69 bits per heavy atom. The van der Waals surface area contributed by atoms with Crippen molar-refractivity contribution in [3.05, 3.63) is 35.4 Å². The Hall–Kier alpha value is -1.43. The van der Waals surface area contributed by atoms with Crippen LogP contribution in [0.5, 0.6) is 0 Å². The Kier molecular flexibility index (Phi) is 6.33. The summed E-state index contributed by atoms with van der Waals surface area (Å²) in [4.78, 5) is 17.2. The lowest BCUT2D eigenvalue weighted by atomic mass is 9.97. The normalized spacial score (nSPS) is 22.0. The second-order valence-electron chi connectivity index (χ2n) is 8.24. The number of piperazine rings is 1. The number of carbonyl (C=O) groups excluding carboxylic acids is 1. The first-order valence-corrected chi connectivity index (χ1v) is 9.85. The second-order valence-corrected chi connectivity index (χ2v) is 8.24. The lowest BCUT2D eigenvalue weighted by Crippen LogP contribution is -2.50. The van der Waals surface area contributed by atoms with Gasteiger partial charge in [0.15, 0.2) is 0 Å². The molecule has 0 spiro atoms. The molecule has 2 aliphatic heterocycles. The van der Waals surface area contributed by atoms with Crippen molar-refractivity contribution in [1.82, 2.24) is 9.80 Å². The van der Waals surface area contributed by atoms with E-state index in [9.17, 15) is 9.90 Å². The third kappa shape index (κ3) is 5.53. The highest BCUT2D eigenvalue weighted by molar-refractivity contribution is 5.94. The smallest absolute Gasteiger partial charge is 0.253 e. The number of ether oxygens (including phenoxy) is 1. The number of hydrogen-bond donors (Lipinski definition) is 1. The number of aliphatic hydroxyl groups is 1. The summed E-state index contributed by atoms with van der Waals surface area (Å²) >= 11 is 0. The third-order valence-electron chi connectivity index (χ3n) is 5.34. The molecule has 0 aliphatic carbocycles. The minimum Gasteiger partial charge on any atom is -0.390 e. The van der Waals surface area contributed by atoms with Crippen LogP contribution in [0.4, 0.5) is 0 Å². The molecule has 1 aromatic rings. The molecule has 0 aromatic heterocycles. The maximum atomic E-state index is 12.8. The first-order chi connectivity index (χ1) is 12.4. The van der Waals surface area contributed by atoms with Crippen LogP contribution in [0, 0.1) is 0 Å². The zero-order chi connectivity index (χ0) is 18.6. The van der Waals surface area contributed by atoms with Crippen LogP contribution < -0.4 is 0 Å². The highest BCUT2D eigenvalue weighted by Crippen LogP contribution is 2.17. The van der Waals surface area contributed by atoms with Gasteiger partial charge in [0.1, 0.15) is 0 Å². The molecule has 3 rings (SSSR count). The standard InChI is InChI=1S/C21H32N2O3/c1-21(2,25)9-8-17-5-3-6-18(15-17)20(24)23-12-10-22(11-13-23)16-19-7-4-14-26-19/h3,5-6,15,19,25H,4,7-14,16H2,1-2H3/t19-/m1/s1. The fourth-order valence-corrected chi connectivity index (χ4v) is 3.70. The molecule has 1 atom stereocenters. The molecule has 0 unspecified atom stereocenters. The van der Waals surface area contributed by atoms with Crippen LogP contribution >= 0.6 is 0 Å². The van der Waals surface area contributed by atoms with Gasteiger partial charge in [0.05, 0.1) is 11.7 Å². The lowest BCUT2D eigenvalue weighted by Gasteiger charge is -2.35. The van der Waals surface area contributed by atoms with Crippen molar-refractivity contribution < 1.29 is 14.6 Å². The van der Waals surface area contributed by atoms with Crippen molar-refractivity contribution in [3.63, 3.8) is 0 Å². The molecule has 1 N–H and O–H groups in total. The first-order valence-electron chi connectivity index (χ1n) is 9.85. The van der Waals surface area contributed by atoms with Crippen LogP contribution in [0.1, 0.15) is 49.0 Å². The Morgan fingerprint density at radius 1 is 1.27 bits per heavy atom. The molecule has 2 saturated heterocycles. The van der Waals surface area contributed by atoms with E-state index in [1.165, 1.54) is 6.42 Å². The van der Waals surface area contributed by atoms with Crippen LogP contribution in [0.25, 0.3) is 0 Å². The Labute approximate surface area is 156 Å². The molecule has 5 heteroatoms. The van der Waals surface area contributed by atoms with E-state index in [-0.39, 0.29) is 5.91 Å². The minimum atomic E-state index is -0.681. The first kappa shape index (κ1) is 19.3. The summed E-state index contributed by atoms with van der Waals surface area (Å²) in [5.41, 5.74) is 1.18. The predicted molar refractivity (Wildman–Crippen MR) is 102 cm³/mol. The average molecular weight is 360 g/mol. The van der Waals surface area contributed by atoms with E-state index in [1.807, 2.05) is 43.0 Å². The molecular weight excluding hydrogens is 328 g/mol. The van der Waals surface area contributed by atoms with Gasteiger partial charge in [-0.05, 0) is 57.2 Å². The van der Waals surface area contributed by atoms with Gasteiger partial charge in [-0.15, -0.1) is 0 Å².